The summed E-state index contributed by atoms with van der Waals surface area (Å²) in [5.74, 6) is -0.964. The summed E-state index contributed by atoms with van der Waals surface area (Å²) in [6, 6.07) is 9.20. The highest BCUT2D eigenvalue weighted by Crippen LogP contribution is 2.13. The van der Waals surface area contributed by atoms with Crippen molar-refractivity contribution in [2.24, 2.45) is 0 Å². The molecule has 4 nitrogen and oxygen atoms in total. The van der Waals surface area contributed by atoms with Crippen LogP contribution in [0.1, 0.15) is 16.1 Å². The van der Waals surface area contributed by atoms with Crippen LogP contribution < -0.4 is 0 Å². The Kier molecular flexibility index (Phi) is 2.25. The number of hydrogen-bond acceptors (Lipinski definition) is 2. The zero-order valence-electron chi connectivity index (χ0n) is 8.21. The van der Waals surface area contributed by atoms with E-state index < -0.39 is 5.97 Å². The summed E-state index contributed by atoms with van der Waals surface area (Å²) in [7, 11) is 0. The number of carboxylic acid groups (broad SMARTS) is 1. The summed E-state index contributed by atoms with van der Waals surface area (Å²) in [6.45, 7) is 1.73. The molecule has 0 saturated heterocycles. The van der Waals surface area contributed by atoms with Gasteiger partial charge in [-0.15, -0.1) is 0 Å². The third-order valence-corrected chi connectivity index (χ3v) is 2.16. The molecular weight excluding hydrogens is 192 g/mol. The lowest BCUT2D eigenvalue weighted by molar-refractivity contribution is 0.0686. The quantitative estimate of drug-likeness (QED) is 0.808. The maximum absolute atomic E-state index is 11.0. The number of aryl methyl sites for hydroxylation is 1. The van der Waals surface area contributed by atoms with Gasteiger partial charge in [-0.05, 0) is 19.1 Å². The topological polar surface area (TPSA) is 55.1 Å². The predicted molar refractivity (Wildman–Crippen MR) is 55.3 cm³/mol. The van der Waals surface area contributed by atoms with Gasteiger partial charge in [0.2, 0.25) is 0 Å². The van der Waals surface area contributed by atoms with Crippen LogP contribution in [0.15, 0.2) is 36.5 Å². The first kappa shape index (κ1) is 9.45. The van der Waals surface area contributed by atoms with Crippen molar-refractivity contribution in [3.63, 3.8) is 0 Å². The number of benzene rings is 1. The van der Waals surface area contributed by atoms with Crippen LogP contribution in [0.4, 0.5) is 0 Å². The number of para-hydroxylation sites is 1. The Balaban J connectivity index is 2.59. The number of nitrogens with zero attached hydrogens (tertiary/aromatic N) is 2. The monoisotopic (exact) mass is 202 g/mol. The van der Waals surface area contributed by atoms with E-state index in [-0.39, 0.29) is 5.69 Å². The normalized spacial score (nSPS) is 10.2. The van der Waals surface area contributed by atoms with Crippen molar-refractivity contribution < 1.29 is 9.90 Å². The van der Waals surface area contributed by atoms with Crippen molar-refractivity contribution in [2.45, 2.75) is 6.92 Å². The second-order valence-electron chi connectivity index (χ2n) is 3.23. The molecule has 0 atom stereocenters. The van der Waals surface area contributed by atoms with Crippen molar-refractivity contribution >= 4 is 5.97 Å². The molecule has 0 radical (unpaired) electrons. The van der Waals surface area contributed by atoms with Crippen LogP contribution >= 0.6 is 0 Å². The van der Waals surface area contributed by atoms with Gasteiger partial charge in [0.25, 0.3) is 0 Å². The molecule has 0 amide bonds. The van der Waals surface area contributed by atoms with Gasteiger partial charge < -0.3 is 5.11 Å². The smallest absolute Gasteiger partial charge is 0.354 e. The van der Waals surface area contributed by atoms with Crippen LogP contribution in [-0.4, -0.2) is 20.9 Å². The average molecular weight is 202 g/mol. The van der Waals surface area contributed by atoms with E-state index >= 15 is 0 Å². The van der Waals surface area contributed by atoms with Gasteiger partial charge >= 0.3 is 5.97 Å². The third kappa shape index (κ3) is 1.61. The van der Waals surface area contributed by atoms with E-state index in [9.17, 15) is 4.79 Å². The Bertz CT molecular complexity index is 489. The second kappa shape index (κ2) is 3.57. The molecular formula is C11H10N2O2. The number of carbonyl (C=O) groups is 1. The number of hydrogen-bond donors (Lipinski definition) is 1. The minimum atomic E-state index is -0.964. The molecule has 0 fully saturated rings. The molecule has 1 N–H and O–H groups in total. The van der Waals surface area contributed by atoms with Gasteiger partial charge in [-0.1, -0.05) is 18.2 Å². The molecule has 4 heteroatoms. The Morgan fingerprint density at radius 1 is 1.33 bits per heavy atom. The minimum Gasteiger partial charge on any atom is -0.477 e. The number of rotatable bonds is 2. The van der Waals surface area contributed by atoms with Gasteiger partial charge in [-0.2, -0.15) is 5.10 Å². The fraction of sp³-hybridized carbons (Fsp3) is 0.0909. The first-order chi connectivity index (χ1) is 7.20. The lowest BCUT2D eigenvalue weighted by atomic mass is 10.2. The Labute approximate surface area is 86.8 Å². The molecule has 15 heavy (non-hydrogen) atoms. The molecule has 0 bridgehead atoms. The largest absolute Gasteiger partial charge is 0.477 e. The van der Waals surface area contributed by atoms with Gasteiger partial charge in [0.1, 0.15) is 0 Å². The predicted octanol–water partition coefficient (Wildman–Crippen LogP) is 1.88. The standard InChI is InChI=1S/C11H10N2O2/c1-8-7-12-13(10(8)11(14)15)9-5-3-2-4-6-9/h2-7H,1H3,(H,14,15). The highest BCUT2D eigenvalue weighted by atomic mass is 16.4. The Morgan fingerprint density at radius 2 is 2.00 bits per heavy atom. The Morgan fingerprint density at radius 3 is 2.60 bits per heavy atom. The minimum absolute atomic E-state index is 0.209. The lowest BCUT2D eigenvalue weighted by Crippen LogP contribution is -2.08. The number of aromatic nitrogens is 2. The molecule has 0 aliphatic carbocycles. The summed E-state index contributed by atoms with van der Waals surface area (Å²) >= 11 is 0. The van der Waals surface area contributed by atoms with Gasteiger partial charge in [0, 0.05) is 5.56 Å². The zero-order chi connectivity index (χ0) is 10.8. The van der Waals surface area contributed by atoms with Crippen LogP contribution in [0.25, 0.3) is 5.69 Å². The first-order valence-corrected chi connectivity index (χ1v) is 4.53. The molecule has 1 heterocycles. The molecule has 2 aromatic rings. The highest BCUT2D eigenvalue weighted by molar-refractivity contribution is 5.87. The summed E-state index contributed by atoms with van der Waals surface area (Å²) in [5, 5.41) is 13.1. The zero-order valence-corrected chi connectivity index (χ0v) is 8.21. The van der Waals surface area contributed by atoms with Crippen LogP contribution in [0.5, 0.6) is 0 Å². The molecule has 2 rings (SSSR count). The average Bonchev–Trinajstić information content (AvgIpc) is 2.61. The van der Waals surface area contributed by atoms with Gasteiger partial charge in [0.15, 0.2) is 5.69 Å². The third-order valence-electron chi connectivity index (χ3n) is 2.16. The molecule has 1 aromatic heterocycles. The maximum Gasteiger partial charge on any atom is 0.354 e. The van der Waals surface area contributed by atoms with E-state index in [0.717, 1.165) is 5.69 Å². The van der Waals surface area contributed by atoms with Crippen molar-refractivity contribution in [1.29, 1.82) is 0 Å². The van der Waals surface area contributed by atoms with E-state index in [1.807, 2.05) is 30.3 Å². The van der Waals surface area contributed by atoms with E-state index in [1.54, 1.807) is 13.1 Å². The van der Waals surface area contributed by atoms with Crippen molar-refractivity contribution in [2.75, 3.05) is 0 Å². The molecule has 0 spiro atoms. The molecule has 0 saturated carbocycles. The highest BCUT2D eigenvalue weighted by Gasteiger charge is 2.15. The van der Waals surface area contributed by atoms with E-state index in [2.05, 4.69) is 5.10 Å². The number of carboxylic acids is 1. The van der Waals surface area contributed by atoms with Crippen molar-refractivity contribution in [3.8, 4) is 5.69 Å². The van der Waals surface area contributed by atoms with Gasteiger partial charge in [0.05, 0.1) is 11.9 Å². The number of aromatic carboxylic acids is 1. The van der Waals surface area contributed by atoms with Gasteiger partial charge in [-0.3, -0.25) is 0 Å². The summed E-state index contributed by atoms with van der Waals surface area (Å²) < 4.78 is 1.43. The van der Waals surface area contributed by atoms with Crippen molar-refractivity contribution in [1.82, 2.24) is 9.78 Å². The fourth-order valence-corrected chi connectivity index (χ4v) is 1.45. The summed E-state index contributed by atoms with van der Waals surface area (Å²) in [5.41, 5.74) is 1.62. The van der Waals surface area contributed by atoms with Crippen LogP contribution in [0.2, 0.25) is 0 Å². The lowest BCUT2D eigenvalue weighted by Gasteiger charge is -2.03. The Hall–Kier alpha value is -2.10. The summed E-state index contributed by atoms with van der Waals surface area (Å²) in [6.07, 6.45) is 1.55. The SMILES string of the molecule is Cc1cnn(-c2ccccc2)c1C(=O)O. The van der Waals surface area contributed by atoms with Crippen LogP contribution in [0.3, 0.4) is 0 Å². The van der Waals surface area contributed by atoms with E-state index in [4.69, 9.17) is 5.11 Å². The van der Waals surface area contributed by atoms with E-state index in [1.165, 1.54) is 4.68 Å². The molecule has 0 aliphatic rings. The fourth-order valence-electron chi connectivity index (χ4n) is 1.45. The van der Waals surface area contributed by atoms with Crippen LogP contribution in [-0.2, 0) is 0 Å². The summed E-state index contributed by atoms with van der Waals surface area (Å²) in [4.78, 5) is 11.0. The molecule has 76 valence electrons. The molecule has 0 aliphatic heterocycles. The molecule has 0 unspecified atom stereocenters. The second-order valence-corrected chi connectivity index (χ2v) is 3.23. The molecule has 1 aromatic carbocycles. The van der Waals surface area contributed by atoms with Crippen molar-refractivity contribution in [3.05, 3.63) is 47.8 Å². The van der Waals surface area contributed by atoms with E-state index in [0.29, 0.717) is 5.56 Å². The van der Waals surface area contributed by atoms with Gasteiger partial charge in [-0.25, -0.2) is 9.48 Å². The van der Waals surface area contributed by atoms with Crippen LogP contribution in [0, 0.1) is 6.92 Å². The first-order valence-electron chi connectivity index (χ1n) is 4.53. The maximum atomic E-state index is 11.0.